The van der Waals surface area contributed by atoms with E-state index in [9.17, 15) is 33.7 Å². The minimum Gasteiger partial charge on any atom is -0.469 e. The molecule has 1 N–H and O–H groups in total. The molecule has 0 aliphatic carbocycles. The van der Waals surface area contributed by atoms with Crippen molar-refractivity contribution in [2.24, 2.45) is 11.8 Å². The molecule has 0 saturated carbocycles. The number of hydrogen-bond acceptors (Lipinski definition) is 9. The minimum absolute atomic E-state index is 0.0153. The first-order chi connectivity index (χ1) is 22.7. The number of halogens is 1. The Kier molecular flexibility index (Phi) is 12.1. The highest BCUT2D eigenvalue weighted by molar-refractivity contribution is 5.82. The van der Waals surface area contributed by atoms with Crippen LogP contribution >= 0.6 is 0 Å². The Bertz CT molecular complexity index is 1500. The molecule has 13 nitrogen and oxygen atoms in total. The summed E-state index contributed by atoms with van der Waals surface area (Å²) in [5, 5.41) is 14.2. The number of esters is 1. The number of piperidine rings is 2. The van der Waals surface area contributed by atoms with Gasteiger partial charge in [-0.1, -0.05) is 6.07 Å². The topological polar surface area (TPSA) is 161 Å². The Balaban J connectivity index is 1.35. The van der Waals surface area contributed by atoms with Crippen molar-refractivity contribution in [3.05, 3.63) is 58.2 Å². The number of ether oxygens (including phenoxy) is 2. The summed E-state index contributed by atoms with van der Waals surface area (Å²) in [6, 6.07) is 4.29. The van der Waals surface area contributed by atoms with E-state index in [0.29, 0.717) is 67.9 Å². The molecule has 1 aromatic carbocycles. The number of pyridine rings is 1. The van der Waals surface area contributed by atoms with Gasteiger partial charge in [0.15, 0.2) is 0 Å². The maximum atomic E-state index is 13.9. The van der Waals surface area contributed by atoms with Gasteiger partial charge in [0.2, 0.25) is 17.6 Å². The first-order valence-electron chi connectivity index (χ1n) is 16.3. The number of carbonyl (C=O) groups excluding carboxylic acids is 4. The number of likely N-dealkylation sites (tertiary alicyclic amines) is 2. The third-order valence-corrected chi connectivity index (χ3v) is 8.73. The number of methoxy groups -OCH3 is 1. The van der Waals surface area contributed by atoms with Gasteiger partial charge in [0, 0.05) is 56.6 Å². The van der Waals surface area contributed by atoms with Gasteiger partial charge in [-0.25, -0.2) is 4.79 Å². The maximum absolute atomic E-state index is 13.9. The summed E-state index contributed by atoms with van der Waals surface area (Å²) in [6.07, 6.45) is 6.30. The first kappa shape index (κ1) is 36.2. The average Bonchev–Trinajstić information content (AvgIpc) is 3.06. The molecular formula is C34H44FN5O8. The molecule has 2 aliphatic rings. The predicted molar refractivity (Wildman–Crippen MR) is 173 cm³/mol. The van der Waals surface area contributed by atoms with E-state index in [1.165, 1.54) is 25.6 Å². The van der Waals surface area contributed by atoms with Gasteiger partial charge >= 0.3 is 17.7 Å². The van der Waals surface area contributed by atoms with Crippen molar-refractivity contribution in [2.75, 3.05) is 33.3 Å². The lowest BCUT2D eigenvalue weighted by Gasteiger charge is -2.35. The number of carbonyl (C=O) groups is 4. The van der Waals surface area contributed by atoms with Gasteiger partial charge in [-0.05, 0) is 82.1 Å². The van der Waals surface area contributed by atoms with Crippen molar-refractivity contribution < 1.29 is 38.0 Å². The third-order valence-electron chi connectivity index (χ3n) is 8.73. The monoisotopic (exact) mass is 669 g/mol. The van der Waals surface area contributed by atoms with Crippen molar-refractivity contribution in [1.82, 2.24) is 20.1 Å². The molecule has 2 aromatic rings. The standard InChI is InChI=1S/C34H44FN5O8/c1-34(2,3)48-33(44)38-14-11-22(12-15-38)7-10-30(41)39-13-5-6-24(21-39)32(43)37-28(18-31(42)47-4)26-16-25(19-36-20-26)23-8-9-27(35)29(17-23)40(45)46/h8-9,16-17,19-20,22,24,28H,5-7,10-15,18,21H2,1-4H3,(H,37,43)/t24-,28?/m1/s1. The Labute approximate surface area is 279 Å². The summed E-state index contributed by atoms with van der Waals surface area (Å²) in [5.41, 5.74) is 0.00386. The number of amides is 3. The van der Waals surface area contributed by atoms with Crippen LogP contribution in [0.5, 0.6) is 0 Å². The molecular weight excluding hydrogens is 625 g/mol. The molecule has 4 rings (SSSR count). The van der Waals surface area contributed by atoms with E-state index in [4.69, 9.17) is 9.47 Å². The van der Waals surface area contributed by atoms with Crippen LogP contribution in [0, 0.1) is 27.8 Å². The number of nitro groups is 1. The van der Waals surface area contributed by atoms with Gasteiger partial charge in [-0.3, -0.25) is 29.5 Å². The number of aromatic nitrogens is 1. The molecule has 3 heterocycles. The minimum atomic E-state index is -0.968. The zero-order chi connectivity index (χ0) is 35.0. The van der Waals surface area contributed by atoms with E-state index in [1.807, 2.05) is 20.8 Å². The van der Waals surface area contributed by atoms with E-state index in [0.717, 1.165) is 25.0 Å². The Hall–Kier alpha value is -4.62. The van der Waals surface area contributed by atoms with Gasteiger partial charge in [-0.2, -0.15) is 4.39 Å². The van der Waals surface area contributed by atoms with Crippen LogP contribution in [-0.4, -0.2) is 82.5 Å². The molecule has 0 radical (unpaired) electrons. The van der Waals surface area contributed by atoms with Crippen LogP contribution in [-0.2, 0) is 23.9 Å². The quantitative estimate of drug-likeness (QED) is 0.204. The Morgan fingerprint density at radius 1 is 1.06 bits per heavy atom. The Morgan fingerprint density at radius 2 is 1.79 bits per heavy atom. The second-order valence-corrected chi connectivity index (χ2v) is 13.4. The van der Waals surface area contributed by atoms with Crippen molar-refractivity contribution in [2.45, 2.75) is 77.4 Å². The Morgan fingerprint density at radius 3 is 2.46 bits per heavy atom. The van der Waals surface area contributed by atoms with Crippen LogP contribution in [0.15, 0.2) is 36.7 Å². The molecule has 0 bridgehead atoms. The van der Waals surface area contributed by atoms with E-state index in [-0.39, 0.29) is 30.9 Å². The maximum Gasteiger partial charge on any atom is 0.410 e. The predicted octanol–water partition coefficient (Wildman–Crippen LogP) is 5.18. The van der Waals surface area contributed by atoms with Crippen molar-refractivity contribution in [1.29, 1.82) is 0 Å². The van der Waals surface area contributed by atoms with Crippen LogP contribution in [0.2, 0.25) is 0 Å². The largest absolute Gasteiger partial charge is 0.469 e. The molecule has 1 unspecified atom stereocenters. The fourth-order valence-corrected chi connectivity index (χ4v) is 6.06. The molecule has 48 heavy (non-hydrogen) atoms. The van der Waals surface area contributed by atoms with Crippen LogP contribution in [0.25, 0.3) is 11.1 Å². The number of nitrogens with one attached hydrogen (secondary N) is 1. The second-order valence-electron chi connectivity index (χ2n) is 13.4. The summed E-state index contributed by atoms with van der Waals surface area (Å²) >= 11 is 0. The van der Waals surface area contributed by atoms with Gasteiger partial charge in [-0.15, -0.1) is 0 Å². The highest BCUT2D eigenvalue weighted by atomic mass is 19.1. The van der Waals surface area contributed by atoms with Gasteiger partial charge in [0.25, 0.3) is 0 Å². The normalized spacial score (nSPS) is 17.7. The lowest BCUT2D eigenvalue weighted by atomic mass is 9.91. The SMILES string of the molecule is COC(=O)CC(NC(=O)[C@@H]1CCCN(C(=O)CCC2CCN(C(=O)OC(C)(C)C)CC2)C1)c1cncc(-c2ccc(F)c([N+](=O)[O-])c2)c1. The summed E-state index contributed by atoms with van der Waals surface area (Å²) in [4.78, 5) is 69.5. The molecule has 260 valence electrons. The van der Waals surface area contributed by atoms with Crippen molar-refractivity contribution in [3.8, 4) is 11.1 Å². The highest BCUT2D eigenvalue weighted by Gasteiger charge is 2.32. The first-order valence-corrected chi connectivity index (χ1v) is 16.3. The van der Waals surface area contributed by atoms with E-state index in [2.05, 4.69) is 10.3 Å². The zero-order valence-corrected chi connectivity index (χ0v) is 27.9. The molecule has 2 aliphatic heterocycles. The van der Waals surface area contributed by atoms with Gasteiger partial charge in [0.05, 0.1) is 30.4 Å². The molecule has 14 heteroatoms. The van der Waals surface area contributed by atoms with Gasteiger partial charge in [0.1, 0.15) is 5.60 Å². The molecule has 1 aromatic heterocycles. The second kappa shape index (κ2) is 16.0. The van der Waals surface area contributed by atoms with Crippen LogP contribution in [0.4, 0.5) is 14.9 Å². The fourth-order valence-electron chi connectivity index (χ4n) is 6.06. The van der Waals surface area contributed by atoms with Crippen molar-refractivity contribution in [3.63, 3.8) is 0 Å². The molecule has 0 spiro atoms. The average molecular weight is 670 g/mol. The summed E-state index contributed by atoms with van der Waals surface area (Å²) in [5.74, 6) is -2.04. The third kappa shape index (κ3) is 9.94. The molecule has 3 amide bonds. The highest BCUT2D eigenvalue weighted by Crippen LogP contribution is 2.30. The van der Waals surface area contributed by atoms with Crippen LogP contribution in [0.1, 0.15) is 77.3 Å². The smallest absolute Gasteiger partial charge is 0.410 e. The lowest BCUT2D eigenvalue weighted by Crippen LogP contribution is -2.46. The van der Waals surface area contributed by atoms with E-state index in [1.54, 1.807) is 15.9 Å². The number of rotatable bonds is 10. The molecule has 2 fully saturated rings. The van der Waals surface area contributed by atoms with Crippen molar-refractivity contribution >= 4 is 29.6 Å². The fraction of sp³-hybridized carbons (Fsp3) is 0.559. The summed E-state index contributed by atoms with van der Waals surface area (Å²) < 4.78 is 24.3. The number of nitrogens with zero attached hydrogens (tertiary/aromatic N) is 4. The zero-order valence-electron chi connectivity index (χ0n) is 27.9. The lowest BCUT2D eigenvalue weighted by molar-refractivity contribution is -0.387. The summed E-state index contributed by atoms with van der Waals surface area (Å²) in [7, 11) is 1.24. The number of nitro benzene ring substituents is 1. The van der Waals surface area contributed by atoms with Crippen LogP contribution in [0.3, 0.4) is 0 Å². The molecule has 2 atom stereocenters. The number of hydrogen-bond donors (Lipinski definition) is 1. The molecule has 2 saturated heterocycles. The number of benzene rings is 1. The van der Waals surface area contributed by atoms with Crippen LogP contribution < -0.4 is 5.32 Å². The van der Waals surface area contributed by atoms with E-state index < -0.39 is 40.0 Å². The van der Waals surface area contributed by atoms with Gasteiger partial charge < -0.3 is 24.6 Å². The summed E-state index contributed by atoms with van der Waals surface area (Å²) in [6.45, 7) is 7.51. The van der Waals surface area contributed by atoms with E-state index >= 15 is 0 Å².